The van der Waals surface area contributed by atoms with Crippen LogP contribution in [0.4, 0.5) is 11.4 Å². The first-order valence-corrected chi connectivity index (χ1v) is 17.5. The maximum atomic E-state index is 13.7. The van der Waals surface area contributed by atoms with E-state index < -0.39 is 17.1 Å². The summed E-state index contributed by atoms with van der Waals surface area (Å²) in [6.45, 7) is 0. The first kappa shape index (κ1) is 36.0. The number of carbonyl (C=O) groups is 4. The second kappa shape index (κ2) is 16.5. The highest BCUT2D eigenvalue weighted by Crippen LogP contribution is 2.35. The molecule has 1 saturated heterocycles. The van der Waals surface area contributed by atoms with Gasteiger partial charge in [0, 0.05) is 27.6 Å². The number of amides is 4. The highest BCUT2D eigenvalue weighted by molar-refractivity contribution is 8.00. The normalized spacial score (nSPS) is 14.2. The Morgan fingerprint density at radius 3 is 2.21 bits per heavy atom. The van der Waals surface area contributed by atoms with E-state index in [0.29, 0.717) is 50.3 Å². The molecular formula is C41H34ClN3O6S. The molecule has 5 aromatic rings. The summed E-state index contributed by atoms with van der Waals surface area (Å²) in [4.78, 5) is 55.3. The molecule has 9 nitrogen and oxygen atoms in total. The van der Waals surface area contributed by atoms with Crippen LogP contribution in [0.15, 0.2) is 132 Å². The Balaban J connectivity index is 1.15. The van der Waals surface area contributed by atoms with Crippen LogP contribution in [-0.2, 0) is 20.8 Å². The van der Waals surface area contributed by atoms with Crippen LogP contribution in [0.2, 0.25) is 5.02 Å². The maximum Gasteiger partial charge on any atom is 0.272 e. The summed E-state index contributed by atoms with van der Waals surface area (Å²) in [5, 5.41) is 5.62. The number of halogens is 1. The van der Waals surface area contributed by atoms with Crippen molar-refractivity contribution < 1.29 is 28.7 Å². The van der Waals surface area contributed by atoms with E-state index >= 15 is 0 Å². The second-order valence-corrected chi connectivity index (χ2v) is 13.5. The molecule has 4 amide bonds. The standard InChI is InChI=1S/C41H34ClN3O6S/c1-50-35-20-15-28(23-36(35)51-2)22-34(44-39(47)29-7-4-3-5-8-29)40(48)43-31-9-6-10-33(24-31)52-37-25-38(46)45(41(37)49)32-18-13-27(14-19-32)21-26-11-16-30(42)17-12-26/h3-20,22-24,37H,21,25H2,1-2H3,(H,43,48)(H,44,47)/b34-22-/t37-/m0/s1. The number of ether oxygens (including phenoxy) is 2. The van der Waals surface area contributed by atoms with Gasteiger partial charge in [-0.15, -0.1) is 11.8 Å². The van der Waals surface area contributed by atoms with E-state index in [4.69, 9.17) is 21.1 Å². The van der Waals surface area contributed by atoms with Gasteiger partial charge in [-0.3, -0.25) is 19.2 Å². The number of benzene rings is 5. The number of hydrogen-bond acceptors (Lipinski definition) is 7. The largest absolute Gasteiger partial charge is 0.493 e. The molecule has 0 bridgehead atoms. The number of rotatable bonds is 12. The van der Waals surface area contributed by atoms with E-state index in [0.717, 1.165) is 11.1 Å². The quantitative estimate of drug-likeness (QED) is 0.0995. The first-order chi connectivity index (χ1) is 25.2. The number of thioether (sulfide) groups is 1. The van der Waals surface area contributed by atoms with Crippen molar-refractivity contribution >= 4 is 64.4 Å². The highest BCUT2D eigenvalue weighted by Gasteiger charge is 2.40. The lowest BCUT2D eigenvalue weighted by molar-refractivity contribution is -0.121. The smallest absolute Gasteiger partial charge is 0.272 e. The Labute approximate surface area is 310 Å². The van der Waals surface area contributed by atoms with E-state index in [1.807, 2.05) is 42.5 Å². The van der Waals surface area contributed by atoms with Crippen molar-refractivity contribution in [1.82, 2.24) is 5.32 Å². The van der Waals surface area contributed by atoms with Crippen molar-refractivity contribution in [1.29, 1.82) is 0 Å². The zero-order valence-corrected chi connectivity index (χ0v) is 29.9. The minimum absolute atomic E-state index is 0.00878. The molecule has 52 heavy (non-hydrogen) atoms. The van der Waals surface area contributed by atoms with Gasteiger partial charge < -0.3 is 20.1 Å². The van der Waals surface area contributed by atoms with Gasteiger partial charge in [0.25, 0.3) is 11.8 Å². The van der Waals surface area contributed by atoms with Gasteiger partial charge in [0.15, 0.2) is 11.5 Å². The SMILES string of the molecule is COc1ccc(/C=C(\NC(=O)c2ccccc2)C(=O)Nc2cccc(S[C@H]3CC(=O)N(c4ccc(Cc5ccc(Cl)cc5)cc4)C3=O)c2)cc1OC. The molecule has 5 aromatic carbocycles. The fourth-order valence-electron chi connectivity index (χ4n) is 5.63. The highest BCUT2D eigenvalue weighted by atomic mass is 35.5. The van der Waals surface area contributed by atoms with Crippen LogP contribution >= 0.6 is 23.4 Å². The lowest BCUT2D eigenvalue weighted by atomic mass is 10.0. The lowest BCUT2D eigenvalue weighted by Crippen LogP contribution is -2.31. The monoisotopic (exact) mass is 731 g/mol. The first-order valence-electron chi connectivity index (χ1n) is 16.3. The third kappa shape index (κ3) is 8.71. The zero-order valence-electron chi connectivity index (χ0n) is 28.3. The molecule has 1 aliphatic rings. The van der Waals surface area contributed by atoms with E-state index in [2.05, 4.69) is 10.6 Å². The number of nitrogens with one attached hydrogen (secondary N) is 2. The van der Waals surface area contributed by atoms with Crippen LogP contribution in [-0.4, -0.2) is 43.1 Å². The zero-order chi connectivity index (χ0) is 36.6. The molecule has 6 rings (SSSR count). The van der Waals surface area contributed by atoms with Crippen LogP contribution in [0.25, 0.3) is 6.08 Å². The summed E-state index contributed by atoms with van der Waals surface area (Å²) in [5.74, 6) is -0.645. The fraction of sp³-hybridized carbons (Fsp3) is 0.122. The Morgan fingerprint density at radius 2 is 1.52 bits per heavy atom. The van der Waals surface area contributed by atoms with Crippen molar-refractivity contribution in [3.8, 4) is 11.5 Å². The van der Waals surface area contributed by atoms with Gasteiger partial charge in [-0.2, -0.15) is 0 Å². The van der Waals surface area contributed by atoms with Crippen molar-refractivity contribution in [2.75, 3.05) is 24.4 Å². The van der Waals surface area contributed by atoms with E-state index in [1.165, 1.54) is 30.9 Å². The number of nitrogens with zero attached hydrogens (tertiary/aromatic N) is 1. The van der Waals surface area contributed by atoms with E-state index in [9.17, 15) is 19.2 Å². The number of anilines is 2. The van der Waals surface area contributed by atoms with Crippen LogP contribution in [0, 0.1) is 0 Å². The summed E-state index contributed by atoms with van der Waals surface area (Å²) in [5.41, 5.74) is 4.05. The predicted molar refractivity (Wildman–Crippen MR) is 204 cm³/mol. The predicted octanol–water partition coefficient (Wildman–Crippen LogP) is 7.78. The van der Waals surface area contributed by atoms with Gasteiger partial charge in [0.1, 0.15) is 5.70 Å². The molecule has 1 aliphatic heterocycles. The summed E-state index contributed by atoms with van der Waals surface area (Å²) >= 11 is 7.25. The average molecular weight is 732 g/mol. The summed E-state index contributed by atoms with van der Waals surface area (Å²) in [6.07, 6.45) is 2.27. The molecule has 2 N–H and O–H groups in total. The Morgan fingerprint density at radius 1 is 0.827 bits per heavy atom. The number of imide groups is 1. The number of methoxy groups -OCH3 is 2. The minimum atomic E-state index is -0.641. The number of carbonyl (C=O) groups excluding carboxylic acids is 4. The molecule has 1 heterocycles. The van der Waals surface area contributed by atoms with Gasteiger partial charge in [0.05, 0.1) is 25.2 Å². The topological polar surface area (TPSA) is 114 Å². The van der Waals surface area contributed by atoms with Gasteiger partial charge in [0.2, 0.25) is 11.8 Å². The van der Waals surface area contributed by atoms with E-state index in [1.54, 1.807) is 84.9 Å². The van der Waals surface area contributed by atoms with Gasteiger partial charge in [-0.1, -0.05) is 66.2 Å². The van der Waals surface area contributed by atoms with Crippen molar-refractivity contribution in [3.63, 3.8) is 0 Å². The molecule has 0 aliphatic carbocycles. The third-order valence-corrected chi connectivity index (χ3v) is 9.67. The Hall–Kier alpha value is -5.84. The van der Waals surface area contributed by atoms with Crippen LogP contribution in [0.1, 0.15) is 33.5 Å². The summed E-state index contributed by atoms with van der Waals surface area (Å²) < 4.78 is 10.7. The fourth-order valence-corrected chi connectivity index (χ4v) is 6.87. The average Bonchev–Trinajstić information content (AvgIpc) is 3.44. The molecule has 0 saturated carbocycles. The Kier molecular flexibility index (Phi) is 11.4. The van der Waals surface area contributed by atoms with Crippen LogP contribution < -0.4 is 25.0 Å². The van der Waals surface area contributed by atoms with Crippen LogP contribution in [0.3, 0.4) is 0 Å². The van der Waals surface area contributed by atoms with E-state index in [-0.39, 0.29) is 23.9 Å². The van der Waals surface area contributed by atoms with Crippen LogP contribution in [0.5, 0.6) is 11.5 Å². The molecule has 1 atom stereocenters. The molecule has 0 aromatic heterocycles. The van der Waals surface area contributed by atoms with Gasteiger partial charge in [-0.05, 0) is 95.9 Å². The molecule has 0 spiro atoms. The van der Waals surface area contributed by atoms with Gasteiger partial charge in [-0.25, -0.2) is 4.90 Å². The molecule has 0 unspecified atom stereocenters. The maximum absolute atomic E-state index is 13.7. The summed E-state index contributed by atoms with van der Waals surface area (Å²) in [6, 6.07) is 35.7. The third-order valence-electron chi connectivity index (χ3n) is 8.24. The molecule has 1 fully saturated rings. The van der Waals surface area contributed by atoms with Crippen molar-refractivity contribution in [2.24, 2.45) is 0 Å². The second-order valence-electron chi connectivity index (χ2n) is 11.8. The number of hydrogen-bond donors (Lipinski definition) is 2. The molecule has 0 radical (unpaired) electrons. The molecular weight excluding hydrogens is 698 g/mol. The van der Waals surface area contributed by atoms with Crippen molar-refractivity contribution in [2.45, 2.75) is 23.0 Å². The van der Waals surface area contributed by atoms with Crippen molar-refractivity contribution in [3.05, 3.63) is 154 Å². The molecule has 262 valence electrons. The van der Waals surface area contributed by atoms with Gasteiger partial charge >= 0.3 is 0 Å². The summed E-state index contributed by atoms with van der Waals surface area (Å²) in [7, 11) is 3.04. The molecule has 11 heteroatoms. The Bertz CT molecular complexity index is 2140. The minimum Gasteiger partial charge on any atom is -0.493 e. The lowest BCUT2D eigenvalue weighted by Gasteiger charge is -2.16.